The zero-order valence-electron chi connectivity index (χ0n) is 11.9. The van der Waals surface area contributed by atoms with Gasteiger partial charge >= 0.3 is 0 Å². The first-order chi connectivity index (χ1) is 10.1. The Morgan fingerprint density at radius 1 is 1.19 bits per heavy atom. The Hall–Kier alpha value is -1.81. The molecule has 4 heteroatoms. The smallest absolute Gasteiger partial charge is 0.223 e. The SMILES string of the molecule is CC(NC(=O)CCOc1cccc(Br)c1)c1ccccc1. The zero-order chi connectivity index (χ0) is 15.1. The van der Waals surface area contributed by atoms with E-state index in [1.807, 2.05) is 61.5 Å². The molecule has 0 bridgehead atoms. The van der Waals surface area contributed by atoms with Crippen LogP contribution in [0.5, 0.6) is 5.75 Å². The number of halogens is 1. The van der Waals surface area contributed by atoms with Crippen molar-refractivity contribution in [3.8, 4) is 5.75 Å². The first-order valence-electron chi connectivity index (χ1n) is 6.88. The van der Waals surface area contributed by atoms with Crippen LogP contribution in [0.2, 0.25) is 0 Å². The Kier molecular flexibility index (Phi) is 5.81. The van der Waals surface area contributed by atoms with E-state index in [1.165, 1.54) is 0 Å². The van der Waals surface area contributed by atoms with Crippen LogP contribution in [-0.2, 0) is 4.79 Å². The molecule has 1 N–H and O–H groups in total. The third-order valence-corrected chi connectivity index (χ3v) is 3.56. The average Bonchev–Trinajstić information content (AvgIpc) is 2.48. The second kappa shape index (κ2) is 7.84. The lowest BCUT2D eigenvalue weighted by atomic mass is 10.1. The quantitative estimate of drug-likeness (QED) is 0.854. The van der Waals surface area contributed by atoms with E-state index in [1.54, 1.807) is 0 Å². The van der Waals surface area contributed by atoms with E-state index in [9.17, 15) is 4.79 Å². The summed E-state index contributed by atoms with van der Waals surface area (Å²) in [5.74, 6) is 0.745. The maximum absolute atomic E-state index is 11.9. The number of carbonyl (C=O) groups is 1. The highest BCUT2D eigenvalue weighted by Gasteiger charge is 2.09. The number of hydrogen-bond donors (Lipinski definition) is 1. The largest absolute Gasteiger partial charge is 0.493 e. The second-order valence-corrected chi connectivity index (χ2v) is 5.67. The molecular weight excluding hydrogens is 330 g/mol. The first kappa shape index (κ1) is 15.6. The van der Waals surface area contributed by atoms with E-state index in [0.29, 0.717) is 13.0 Å². The van der Waals surface area contributed by atoms with Crippen molar-refractivity contribution in [1.29, 1.82) is 0 Å². The van der Waals surface area contributed by atoms with Crippen molar-refractivity contribution >= 4 is 21.8 Å². The van der Waals surface area contributed by atoms with Crippen LogP contribution in [0, 0.1) is 0 Å². The number of benzene rings is 2. The summed E-state index contributed by atoms with van der Waals surface area (Å²) in [6.45, 7) is 2.34. The maximum Gasteiger partial charge on any atom is 0.223 e. The monoisotopic (exact) mass is 347 g/mol. The molecule has 0 aliphatic rings. The van der Waals surface area contributed by atoms with Crippen LogP contribution in [0.1, 0.15) is 24.9 Å². The Morgan fingerprint density at radius 3 is 2.67 bits per heavy atom. The highest BCUT2D eigenvalue weighted by molar-refractivity contribution is 9.10. The Balaban J connectivity index is 1.75. The molecular formula is C17H18BrNO2. The highest BCUT2D eigenvalue weighted by atomic mass is 79.9. The fourth-order valence-electron chi connectivity index (χ4n) is 1.96. The van der Waals surface area contributed by atoms with Crippen molar-refractivity contribution in [2.75, 3.05) is 6.61 Å². The molecule has 0 radical (unpaired) electrons. The molecule has 3 nitrogen and oxygen atoms in total. The van der Waals surface area contributed by atoms with Crippen LogP contribution in [-0.4, -0.2) is 12.5 Å². The van der Waals surface area contributed by atoms with Gasteiger partial charge in [0.05, 0.1) is 19.1 Å². The lowest BCUT2D eigenvalue weighted by Crippen LogP contribution is -2.27. The van der Waals surface area contributed by atoms with Crippen LogP contribution < -0.4 is 10.1 Å². The van der Waals surface area contributed by atoms with Gasteiger partial charge in [-0.25, -0.2) is 0 Å². The number of amides is 1. The predicted molar refractivity (Wildman–Crippen MR) is 87.3 cm³/mol. The molecule has 110 valence electrons. The van der Waals surface area contributed by atoms with Crippen LogP contribution in [0.3, 0.4) is 0 Å². The molecule has 2 aromatic rings. The van der Waals surface area contributed by atoms with E-state index in [0.717, 1.165) is 15.8 Å². The minimum absolute atomic E-state index is 0.00423. The highest BCUT2D eigenvalue weighted by Crippen LogP contribution is 2.18. The second-order valence-electron chi connectivity index (χ2n) is 4.76. The van der Waals surface area contributed by atoms with Crippen LogP contribution in [0.4, 0.5) is 0 Å². The molecule has 0 aromatic heterocycles. The summed E-state index contributed by atoms with van der Waals surface area (Å²) in [5, 5.41) is 2.97. The van der Waals surface area contributed by atoms with Gasteiger partial charge in [0.25, 0.3) is 0 Å². The predicted octanol–water partition coefficient (Wildman–Crippen LogP) is 4.10. The van der Waals surface area contributed by atoms with Gasteiger partial charge in [-0.1, -0.05) is 52.3 Å². The average molecular weight is 348 g/mol. The molecule has 1 amide bonds. The standard InChI is InChI=1S/C17H18BrNO2/c1-13(14-6-3-2-4-7-14)19-17(20)10-11-21-16-9-5-8-15(18)12-16/h2-9,12-13H,10-11H2,1H3,(H,19,20). The Morgan fingerprint density at radius 2 is 1.95 bits per heavy atom. The van der Waals surface area contributed by atoms with E-state index in [-0.39, 0.29) is 11.9 Å². The van der Waals surface area contributed by atoms with E-state index in [4.69, 9.17) is 4.74 Å². The number of rotatable bonds is 6. The third kappa shape index (κ3) is 5.23. The van der Waals surface area contributed by atoms with Gasteiger partial charge in [0.1, 0.15) is 5.75 Å². The van der Waals surface area contributed by atoms with Gasteiger partial charge < -0.3 is 10.1 Å². The number of nitrogens with one attached hydrogen (secondary N) is 1. The van der Waals surface area contributed by atoms with Crippen LogP contribution >= 0.6 is 15.9 Å². The van der Waals surface area contributed by atoms with Crippen molar-refractivity contribution in [1.82, 2.24) is 5.32 Å². The molecule has 2 rings (SSSR count). The summed E-state index contributed by atoms with van der Waals surface area (Å²) in [5.41, 5.74) is 1.10. The Bertz CT molecular complexity index is 586. The van der Waals surface area contributed by atoms with E-state index >= 15 is 0 Å². The fraction of sp³-hybridized carbons (Fsp3) is 0.235. The summed E-state index contributed by atoms with van der Waals surface area (Å²) in [4.78, 5) is 11.9. The summed E-state index contributed by atoms with van der Waals surface area (Å²) in [6, 6.07) is 17.5. The van der Waals surface area contributed by atoms with Gasteiger partial charge in [0.15, 0.2) is 0 Å². The normalized spacial score (nSPS) is 11.7. The number of carbonyl (C=O) groups excluding carboxylic acids is 1. The van der Waals surface area contributed by atoms with Gasteiger partial charge in [0, 0.05) is 4.47 Å². The summed E-state index contributed by atoms with van der Waals surface area (Å²) >= 11 is 3.38. The minimum atomic E-state index is -0.0126. The van der Waals surface area contributed by atoms with Crippen molar-refractivity contribution < 1.29 is 9.53 Å². The number of hydrogen-bond acceptors (Lipinski definition) is 2. The van der Waals surface area contributed by atoms with Gasteiger partial charge in [-0.05, 0) is 30.7 Å². The first-order valence-corrected chi connectivity index (χ1v) is 7.67. The molecule has 1 unspecified atom stereocenters. The zero-order valence-corrected chi connectivity index (χ0v) is 13.5. The molecule has 0 spiro atoms. The van der Waals surface area contributed by atoms with Gasteiger partial charge in [-0.15, -0.1) is 0 Å². The lowest BCUT2D eigenvalue weighted by Gasteiger charge is -2.14. The molecule has 0 heterocycles. The van der Waals surface area contributed by atoms with Crippen molar-refractivity contribution in [3.63, 3.8) is 0 Å². The Labute approximate surface area is 133 Å². The van der Waals surface area contributed by atoms with E-state index < -0.39 is 0 Å². The van der Waals surface area contributed by atoms with Gasteiger partial charge in [0.2, 0.25) is 5.91 Å². The molecule has 0 aliphatic heterocycles. The molecule has 21 heavy (non-hydrogen) atoms. The third-order valence-electron chi connectivity index (χ3n) is 3.07. The summed E-state index contributed by atoms with van der Waals surface area (Å²) < 4.78 is 6.51. The topological polar surface area (TPSA) is 38.3 Å². The van der Waals surface area contributed by atoms with Crippen LogP contribution in [0.25, 0.3) is 0 Å². The molecule has 0 saturated heterocycles. The molecule has 0 aliphatic carbocycles. The molecule has 1 atom stereocenters. The van der Waals surface area contributed by atoms with Crippen molar-refractivity contribution in [2.45, 2.75) is 19.4 Å². The summed E-state index contributed by atoms with van der Waals surface area (Å²) in [7, 11) is 0. The maximum atomic E-state index is 11.9. The molecule has 0 fully saturated rings. The molecule has 0 saturated carbocycles. The van der Waals surface area contributed by atoms with Gasteiger partial charge in [-0.2, -0.15) is 0 Å². The van der Waals surface area contributed by atoms with Crippen molar-refractivity contribution in [2.24, 2.45) is 0 Å². The fourth-order valence-corrected chi connectivity index (χ4v) is 2.34. The lowest BCUT2D eigenvalue weighted by molar-refractivity contribution is -0.122. The van der Waals surface area contributed by atoms with Crippen molar-refractivity contribution in [3.05, 3.63) is 64.6 Å². The van der Waals surface area contributed by atoms with E-state index in [2.05, 4.69) is 21.2 Å². The minimum Gasteiger partial charge on any atom is -0.493 e. The van der Waals surface area contributed by atoms with Crippen LogP contribution in [0.15, 0.2) is 59.1 Å². The number of ether oxygens (including phenoxy) is 1. The van der Waals surface area contributed by atoms with Gasteiger partial charge in [-0.3, -0.25) is 4.79 Å². The summed E-state index contributed by atoms with van der Waals surface area (Å²) in [6.07, 6.45) is 0.337. The molecule has 2 aromatic carbocycles.